The first-order chi connectivity index (χ1) is 10.5. The molecule has 0 saturated carbocycles. The van der Waals surface area contributed by atoms with Crippen LogP contribution in [-0.4, -0.2) is 25.8 Å². The molecule has 6 heteroatoms. The fourth-order valence-electron chi connectivity index (χ4n) is 1.78. The topological polar surface area (TPSA) is 32.3 Å². The number of hydrogen-bond acceptors (Lipinski definition) is 3. The second-order valence-electron chi connectivity index (χ2n) is 4.85. The zero-order chi connectivity index (χ0) is 16.1. The van der Waals surface area contributed by atoms with Gasteiger partial charge in [0.25, 0.3) is 0 Å². The number of nitrogens with one attached hydrogen (secondary N) is 1. The molecule has 0 bridgehead atoms. The van der Waals surface area contributed by atoms with Gasteiger partial charge in [-0.1, -0.05) is 0 Å². The summed E-state index contributed by atoms with van der Waals surface area (Å²) in [7, 11) is 3.86. The van der Waals surface area contributed by atoms with Crippen molar-refractivity contribution in [1.82, 2.24) is 0 Å². The zero-order valence-corrected chi connectivity index (χ0v) is 13.1. The second-order valence-corrected chi connectivity index (χ2v) is 5.87. The van der Waals surface area contributed by atoms with Crippen molar-refractivity contribution in [2.45, 2.75) is 4.90 Å². The van der Waals surface area contributed by atoms with Gasteiger partial charge in [0.1, 0.15) is 11.6 Å². The number of benzene rings is 2. The third-order valence-electron chi connectivity index (χ3n) is 2.92. The molecule has 0 spiro atoms. The van der Waals surface area contributed by atoms with Crippen molar-refractivity contribution in [1.29, 1.82) is 0 Å². The van der Waals surface area contributed by atoms with Crippen LogP contribution in [0.25, 0.3) is 0 Å². The van der Waals surface area contributed by atoms with Crippen LogP contribution >= 0.6 is 11.8 Å². The van der Waals surface area contributed by atoms with Gasteiger partial charge in [0, 0.05) is 36.4 Å². The molecule has 0 fully saturated rings. The summed E-state index contributed by atoms with van der Waals surface area (Å²) in [6, 6.07) is 10.7. The normalized spacial score (nSPS) is 10.4. The summed E-state index contributed by atoms with van der Waals surface area (Å²) < 4.78 is 26.2. The molecule has 2 aromatic carbocycles. The number of nitrogens with zero attached hydrogens (tertiary/aromatic N) is 1. The summed E-state index contributed by atoms with van der Waals surface area (Å²) in [4.78, 5) is 14.1. The zero-order valence-electron chi connectivity index (χ0n) is 12.3. The Balaban J connectivity index is 1.90. The van der Waals surface area contributed by atoms with E-state index in [9.17, 15) is 13.6 Å². The summed E-state index contributed by atoms with van der Waals surface area (Å²) in [5, 5.41) is 2.73. The van der Waals surface area contributed by atoms with Crippen molar-refractivity contribution in [2.75, 3.05) is 30.1 Å². The van der Waals surface area contributed by atoms with E-state index in [0.717, 1.165) is 23.5 Å². The van der Waals surface area contributed by atoms with Crippen LogP contribution in [0.1, 0.15) is 0 Å². The van der Waals surface area contributed by atoms with E-state index in [1.165, 1.54) is 12.1 Å². The number of halogens is 2. The number of rotatable bonds is 5. The van der Waals surface area contributed by atoms with Crippen LogP contribution in [0.2, 0.25) is 0 Å². The van der Waals surface area contributed by atoms with Gasteiger partial charge in [0.15, 0.2) is 0 Å². The smallest absolute Gasteiger partial charge is 0.234 e. The van der Waals surface area contributed by atoms with Crippen molar-refractivity contribution in [3.8, 4) is 0 Å². The molecular weight excluding hydrogens is 306 g/mol. The lowest BCUT2D eigenvalue weighted by atomic mass is 10.2. The average molecular weight is 322 g/mol. The molecule has 0 heterocycles. The number of amides is 1. The maximum atomic E-state index is 13.5. The van der Waals surface area contributed by atoms with Crippen LogP contribution in [0, 0.1) is 11.6 Å². The lowest BCUT2D eigenvalue weighted by Crippen LogP contribution is -2.14. The van der Waals surface area contributed by atoms with Crippen LogP contribution in [0.4, 0.5) is 20.2 Å². The van der Waals surface area contributed by atoms with Crippen LogP contribution in [0.5, 0.6) is 0 Å². The van der Waals surface area contributed by atoms with E-state index >= 15 is 0 Å². The molecule has 1 N–H and O–H groups in total. The third-order valence-corrected chi connectivity index (χ3v) is 3.97. The summed E-state index contributed by atoms with van der Waals surface area (Å²) in [5.74, 6) is -1.48. The number of carbonyl (C=O) groups excluding carboxylic acids is 1. The van der Waals surface area contributed by atoms with E-state index in [4.69, 9.17) is 0 Å². The molecule has 116 valence electrons. The lowest BCUT2D eigenvalue weighted by Gasteiger charge is -2.13. The maximum Gasteiger partial charge on any atom is 0.234 e. The van der Waals surface area contributed by atoms with Crippen molar-refractivity contribution in [3.63, 3.8) is 0 Å². The molecular formula is C16H16F2N2OS. The van der Waals surface area contributed by atoms with Gasteiger partial charge in [-0.3, -0.25) is 4.79 Å². The van der Waals surface area contributed by atoms with Gasteiger partial charge < -0.3 is 10.2 Å². The fourth-order valence-corrected chi connectivity index (χ4v) is 2.50. The predicted octanol–water partition coefficient (Wildman–Crippen LogP) is 3.76. The van der Waals surface area contributed by atoms with Crippen LogP contribution in [0.3, 0.4) is 0 Å². The molecule has 0 atom stereocenters. The largest absolute Gasteiger partial charge is 0.378 e. The first-order valence-corrected chi connectivity index (χ1v) is 7.59. The molecule has 0 unspecified atom stereocenters. The highest BCUT2D eigenvalue weighted by Crippen LogP contribution is 2.23. The Kier molecular flexibility index (Phi) is 5.38. The first kappa shape index (κ1) is 16.3. The molecule has 0 aromatic heterocycles. The molecule has 3 nitrogen and oxygen atoms in total. The molecule has 22 heavy (non-hydrogen) atoms. The Labute approximate surface area is 132 Å². The highest BCUT2D eigenvalue weighted by molar-refractivity contribution is 8.00. The highest BCUT2D eigenvalue weighted by atomic mass is 32.2. The number of carbonyl (C=O) groups is 1. The number of thioether (sulfide) groups is 1. The van der Waals surface area contributed by atoms with E-state index in [-0.39, 0.29) is 16.6 Å². The average Bonchev–Trinajstić information content (AvgIpc) is 2.47. The molecule has 0 saturated heterocycles. The SMILES string of the molecule is CN(C)c1ccc(NC(=O)CSc2ccc(F)cc2F)cc1. The summed E-state index contributed by atoms with van der Waals surface area (Å²) in [6.07, 6.45) is 0. The van der Waals surface area contributed by atoms with Crippen LogP contribution < -0.4 is 10.2 Å². The van der Waals surface area contributed by atoms with E-state index in [0.29, 0.717) is 5.69 Å². The molecule has 1 amide bonds. The van der Waals surface area contributed by atoms with Crippen molar-refractivity contribution < 1.29 is 13.6 Å². The van der Waals surface area contributed by atoms with Crippen LogP contribution in [-0.2, 0) is 4.79 Å². The van der Waals surface area contributed by atoms with Gasteiger partial charge >= 0.3 is 0 Å². The minimum atomic E-state index is -0.659. The minimum Gasteiger partial charge on any atom is -0.378 e. The van der Waals surface area contributed by atoms with E-state index in [2.05, 4.69) is 5.32 Å². The van der Waals surface area contributed by atoms with Crippen molar-refractivity contribution in [2.24, 2.45) is 0 Å². The summed E-state index contributed by atoms with van der Waals surface area (Å²) >= 11 is 1.03. The van der Waals surface area contributed by atoms with Crippen LogP contribution in [0.15, 0.2) is 47.4 Å². The Morgan fingerprint density at radius 1 is 1.14 bits per heavy atom. The van der Waals surface area contributed by atoms with Gasteiger partial charge in [-0.25, -0.2) is 8.78 Å². The Morgan fingerprint density at radius 2 is 1.82 bits per heavy atom. The summed E-state index contributed by atoms with van der Waals surface area (Å²) in [5.41, 5.74) is 1.71. The van der Waals surface area contributed by atoms with Gasteiger partial charge in [-0.2, -0.15) is 0 Å². The molecule has 0 radical (unpaired) electrons. The van der Waals surface area contributed by atoms with Gasteiger partial charge in [-0.15, -0.1) is 11.8 Å². The standard InChI is InChI=1S/C16H16F2N2OS/c1-20(2)13-6-4-12(5-7-13)19-16(21)10-22-15-8-3-11(17)9-14(15)18/h3-9H,10H2,1-2H3,(H,19,21). The maximum absolute atomic E-state index is 13.5. The Bertz CT molecular complexity index is 660. The van der Waals surface area contributed by atoms with E-state index in [1.54, 1.807) is 12.1 Å². The summed E-state index contributed by atoms with van der Waals surface area (Å²) in [6.45, 7) is 0. The minimum absolute atomic E-state index is 0.0536. The quantitative estimate of drug-likeness (QED) is 0.851. The van der Waals surface area contributed by atoms with Crippen molar-refractivity contribution in [3.05, 3.63) is 54.1 Å². The van der Waals surface area contributed by atoms with Gasteiger partial charge in [0.2, 0.25) is 5.91 Å². The fraction of sp³-hybridized carbons (Fsp3) is 0.188. The third kappa shape index (κ3) is 4.46. The Morgan fingerprint density at radius 3 is 2.41 bits per heavy atom. The molecule has 0 aliphatic carbocycles. The first-order valence-electron chi connectivity index (χ1n) is 6.61. The molecule has 2 aromatic rings. The van der Waals surface area contributed by atoms with Gasteiger partial charge in [0.05, 0.1) is 5.75 Å². The monoisotopic (exact) mass is 322 g/mol. The van der Waals surface area contributed by atoms with Crippen molar-refractivity contribution >= 4 is 29.0 Å². The molecule has 0 aliphatic heterocycles. The molecule has 2 rings (SSSR count). The Hall–Kier alpha value is -2.08. The number of anilines is 2. The number of hydrogen-bond donors (Lipinski definition) is 1. The molecule has 0 aliphatic rings. The lowest BCUT2D eigenvalue weighted by molar-refractivity contribution is -0.113. The van der Waals surface area contributed by atoms with Gasteiger partial charge in [-0.05, 0) is 36.4 Å². The van der Waals surface area contributed by atoms with E-state index < -0.39 is 11.6 Å². The van der Waals surface area contributed by atoms with E-state index in [1.807, 2.05) is 31.1 Å². The second kappa shape index (κ2) is 7.26. The highest BCUT2D eigenvalue weighted by Gasteiger charge is 2.08. The predicted molar refractivity (Wildman–Crippen MR) is 86.5 cm³/mol.